The molecule has 0 N–H and O–H groups in total. The molecule has 0 atom stereocenters. The summed E-state index contributed by atoms with van der Waals surface area (Å²) in [4.78, 5) is 0. The van der Waals surface area contributed by atoms with Crippen molar-refractivity contribution in [3.63, 3.8) is 0 Å². The molecule has 0 aliphatic rings. The van der Waals surface area contributed by atoms with Crippen LogP contribution in [-0.4, -0.2) is 0 Å². The van der Waals surface area contributed by atoms with Gasteiger partial charge in [0.25, 0.3) is 0 Å². The van der Waals surface area contributed by atoms with E-state index in [2.05, 4.69) is 38.2 Å². The van der Waals surface area contributed by atoms with Crippen molar-refractivity contribution in [3.8, 4) is 0 Å². The fourth-order valence-electron chi connectivity index (χ4n) is 1.08. The Morgan fingerprint density at radius 1 is 0.833 bits per heavy atom. The summed E-state index contributed by atoms with van der Waals surface area (Å²) < 4.78 is 0. The van der Waals surface area contributed by atoms with E-state index in [0.717, 1.165) is 6.42 Å². The van der Waals surface area contributed by atoms with Crippen molar-refractivity contribution >= 4 is 0 Å². The number of unbranched alkanes of at least 4 members (excludes halogenated alkanes) is 4. The molecule has 0 saturated heterocycles. The Labute approximate surface area is 77.4 Å². The van der Waals surface area contributed by atoms with Crippen LogP contribution in [0.15, 0.2) is 24.3 Å². The second-order valence-corrected chi connectivity index (χ2v) is 3.11. The second kappa shape index (κ2) is 10.5. The lowest BCUT2D eigenvalue weighted by molar-refractivity contribution is 0.674. The zero-order valence-corrected chi connectivity index (χ0v) is 8.55. The van der Waals surface area contributed by atoms with E-state index in [-0.39, 0.29) is 0 Å². The van der Waals surface area contributed by atoms with Crippen LogP contribution < -0.4 is 0 Å². The summed E-state index contributed by atoms with van der Waals surface area (Å²) in [5, 5.41) is 0. The van der Waals surface area contributed by atoms with Gasteiger partial charge in [-0.05, 0) is 19.3 Å². The lowest BCUT2D eigenvalue weighted by atomic mass is 10.1. The molecule has 70 valence electrons. The van der Waals surface area contributed by atoms with Crippen LogP contribution in [0.2, 0.25) is 0 Å². The molecule has 0 heterocycles. The monoisotopic (exact) mass is 166 g/mol. The summed E-state index contributed by atoms with van der Waals surface area (Å²) >= 11 is 0. The maximum atomic E-state index is 2.27. The van der Waals surface area contributed by atoms with Gasteiger partial charge in [-0.25, -0.2) is 0 Å². The smallest absolute Gasteiger partial charge is 0.0348 e. The van der Waals surface area contributed by atoms with Crippen LogP contribution >= 0.6 is 0 Å². The van der Waals surface area contributed by atoms with Gasteiger partial charge in [-0.15, -0.1) is 0 Å². The van der Waals surface area contributed by atoms with Gasteiger partial charge < -0.3 is 0 Å². The summed E-state index contributed by atoms with van der Waals surface area (Å²) in [5.74, 6) is 0. The molecule has 0 rings (SSSR count). The average Bonchev–Trinajstić information content (AvgIpc) is 2.10. The Bertz CT molecular complexity index is 120. The van der Waals surface area contributed by atoms with Gasteiger partial charge in [0, 0.05) is 0 Å². The predicted octanol–water partition coefficient (Wildman–Crippen LogP) is 4.48. The highest BCUT2D eigenvalue weighted by Crippen LogP contribution is 2.02. The maximum Gasteiger partial charge on any atom is -0.0348 e. The molecule has 0 fully saturated rings. The summed E-state index contributed by atoms with van der Waals surface area (Å²) in [6.45, 7) is 4.41. The fraction of sp³-hybridized carbons (Fsp3) is 0.667. The Balaban J connectivity index is 3.07. The lowest BCUT2D eigenvalue weighted by Crippen LogP contribution is -1.72. The molecule has 0 amide bonds. The van der Waals surface area contributed by atoms with E-state index in [0.29, 0.717) is 0 Å². The van der Waals surface area contributed by atoms with Crippen LogP contribution in [0.1, 0.15) is 52.4 Å². The van der Waals surface area contributed by atoms with E-state index in [4.69, 9.17) is 0 Å². The van der Waals surface area contributed by atoms with Gasteiger partial charge in [0.05, 0.1) is 0 Å². The minimum atomic E-state index is 1.14. The van der Waals surface area contributed by atoms with Crippen LogP contribution in [0.3, 0.4) is 0 Å². The molecule has 0 aromatic heterocycles. The minimum absolute atomic E-state index is 1.14. The molecule has 0 aliphatic carbocycles. The highest BCUT2D eigenvalue weighted by Gasteiger charge is 1.82. The summed E-state index contributed by atoms with van der Waals surface area (Å²) in [6.07, 6.45) is 16.6. The minimum Gasteiger partial charge on any atom is -0.0848 e. The second-order valence-electron chi connectivity index (χ2n) is 3.11. The highest BCUT2D eigenvalue weighted by atomic mass is 13.9. The molecule has 0 unspecified atom stereocenters. The highest BCUT2D eigenvalue weighted by molar-refractivity contribution is 5.01. The quantitative estimate of drug-likeness (QED) is 0.386. The fourth-order valence-corrected chi connectivity index (χ4v) is 1.08. The van der Waals surface area contributed by atoms with Crippen molar-refractivity contribution in [1.29, 1.82) is 0 Å². The van der Waals surface area contributed by atoms with Crippen molar-refractivity contribution in [2.75, 3.05) is 0 Å². The van der Waals surface area contributed by atoms with Crippen LogP contribution in [0.4, 0.5) is 0 Å². The first kappa shape index (κ1) is 11.5. The van der Waals surface area contributed by atoms with E-state index in [1.165, 1.54) is 32.1 Å². The molecule has 0 aromatic carbocycles. The molecular weight excluding hydrogens is 144 g/mol. The van der Waals surface area contributed by atoms with Crippen molar-refractivity contribution < 1.29 is 0 Å². The molecule has 0 radical (unpaired) electrons. The number of hydrogen-bond donors (Lipinski definition) is 0. The Morgan fingerprint density at radius 3 is 2.25 bits per heavy atom. The van der Waals surface area contributed by atoms with Crippen LogP contribution in [0.25, 0.3) is 0 Å². The third kappa shape index (κ3) is 9.48. The lowest BCUT2D eigenvalue weighted by Gasteiger charge is -1.92. The van der Waals surface area contributed by atoms with Gasteiger partial charge in [-0.2, -0.15) is 0 Å². The summed E-state index contributed by atoms with van der Waals surface area (Å²) in [7, 11) is 0. The van der Waals surface area contributed by atoms with Gasteiger partial charge >= 0.3 is 0 Å². The van der Waals surface area contributed by atoms with E-state index >= 15 is 0 Å². The first-order chi connectivity index (χ1) is 5.91. The largest absolute Gasteiger partial charge is 0.0848 e. The van der Waals surface area contributed by atoms with Gasteiger partial charge in [0.2, 0.25) is 0 Å². The van der Waals surface area contributed by atoms with Crippen molar-refractivity contribution in [2.24, 2.45) is 0 Å². The van der Waals surface area contributed by atoms with Crippen LogP contribution in [0.5, 0.6) is 0 Å². The zero-order valence-electron chi connectivity index (χ0n) is 8.55. The van der Waals surface area contributed by atoms with E-state index in [1.54, 1.807) is 0 Å². The normalized spacial score (nSPS) is 11.8. The molecule has 0 aromatic rings. The van der Waals surface area contributed by atoms with E-state index < -0.39 is 0 Å². The molecule has 0 saturated carbocycles. The molecule has 0 heteroatoms. The Morgan fingerprint density at radius 2 is 1.58 bits per heavy atom. The first-order valence-corrected chi connectivity index (χ1v) is 5.23. The molecule has 0 bridgehead atoms. The molecular formula is C12H22. The summed E-state index contributed by atoms with van der Waals surface area (Å²) in [5.41, 5.74) is 0. The Hall–Kier alpha value is -0.520. The van der Waals surface area contributed by atoms with Gasteiger partial charge in [0.1, 0.15) is 0 Å². The molecule has 0 nitrogen and oxygen atoms in total. The zero-order chi connectivity index (χ0) is 9.07. The number of rotatable bonds is 7. The third-order valence-corrected chi connectivity index (χ3v) is 1.84. The average molecular weight is 166 g/mol. The number of hydrogen-bond acceptors (Lipinski definition) is 0. The predicted molar refractivity (Wildman–Crippen MR) is 57.3 cm³/mol. The topological polar surface area (TPSA) is 0 Å². The first-order valence-electron chi connectivity index (χ1n) is 5.23. The van der Waals surface area contributed by atoms with E-state index in [1.807, 2.05) is 0 Å². The molecule has 12 heavy (non-hydrogen) atoms. The van der Waals surface area contributed by atoms with E-state index in [9.17, 15) is 0 Å². The van der Waals surface area contributed by atoms with Crippen molar-refractivity contribution in [1.82, 2.24) is 0 Å². The van der Waals surface area contributed by atoms with Gasteiger partial charge in [-0.3, -0.25) is 0 Å². The van der Waals surface area contributed by atoms with Crippen LogP contribution in [-0.2, 0) is 0 Å². The summed E-state index contributed by atoms with van der Waals surface area (Å²) in [6, 6.07) is 0. The van der Waals surface area contributed by atoms with Gasteiger partial charge in [-0.1, -0.05) is 57.4 Å². The van der Waals surface area contributed by atoms with Crippen molar-refractivity contribution in [3.05, 3.63) is 24.3 Å². The number of allylic oxidation sites excluding steroid dienone is 4. The third-order valence-electron chi connectivity index (χ3n) is 1.84. The molecule has 0 spiro atoms. The van der Waals surface area contributed by atoms with Crippen LogP contribution in [0, 0.1) is 0 Å². The standard InChI is InChI=1S/C12H22/c1-3-5-7-9-11-12-10-8-6-4-2/h5,7,9,11H,3-4,6,8,10,12H2,1-2H3/b7-5?,11-9-. The van der Waals surface area contributed by atoms with Crippen molar-refractivity contribution in [2.45, 2.75) is 52.4 Å². The molecule has 0 aliphatic heterocycles. The SMILES string of the molecule is CCC=C/C=C\CCCCCC. The van der Waals surface area contributed by atoms with Gasteiger partial charge in [0.15, 0.2) is 0 Å². The maximum absolute atomic E-state index is 2.27. The Kier molecular flexibility index (Phi) is 10.0.